The SMILES string of the molecule is CC/C(=C(/C1=CCC(=C2CCN(CCCCNc3ccc4c(c3)C(=O)N(C3CCC(=O)NC3=O)C4=O)CC2)C=C1)c1ccc(O)cc1)c1ccccc1. The Morgan fingerprint density at radius 2 is 1.60 bits per heavy atom. The number of phenols is 1. The summed E-state index contributed by atoms with van der Waals surface area (Å²) in [4.78, 5) is 53.5. The lowest BCUT2D eigenvalue weighted by Crippen LogP contribution is -2.54. The molecule has 9 nitrogen and oxygen atoms in total. The molecular formula is C44H46N4O5. The molecule has 4 amide bonds. The van der Waals surface area contributed by atoms with Gasteiger partial charge in [0.25, 0.3) is 11.8 Å². The number of anilines is 1. The zero-order chi connectivity index (χ0) is 36.9. The monoisotopic (exact) mass is 710 g/mol. The van der Waals surface area contributed by atoms with E-state index in [1.54, 1.807) is 35.9 Å². The first-order valence-electron chi connectivity index (χ1n) is 18.8. The summed E-state index contributed by atoms with van der Waals surface area (Å²) in [7, 11) is 0. The molecule has 3 aromatic carbocycles. The van der Waals surface area contributed by atoms with Crippen molar-refractivity contribution in [3.8, 4) is 5.75 Å². The number of fused-ring (bicyclic) bond motifs is 1. The second kappa shape index (κ2) is 16.0. The smallest absolute Gasteiger partial charge is 0.262 e. The number of carbonyl (C=O) groups excluding carboxylic acids is 4. The van der Waals surface area contributed by atoms with E-state index in [1.165, 1.54) is 27.9 Å². The van der Waals surface area contributed by atoms with Crippen molar-refractivity contribution in [3.63, 3.8) is 0 Å². The number of hydrogen-bond acceptors (Lipinski definition) is 7. The molecule has 0 spiro atoms. The molecule has 3 aliphatic heterocycles. The topological polar surface area (TPSA) is 119 Å². The largest absolute Gasteiger partial charge is 0.508 e. The third kappa shape index (κ3) is 7.81. The minimum absolute atomic E-state index is 0.0982. The standard InChI is InChI=1S/C44H46N4O5/c1-2-36(31-8-4-3-5-9-31)41(33-14-17-35(49)18-15-33)32-12-10-29(11-13-32)30-22-26-47(27-23-30)25-7-6-24-45-34-16-19-37-38(28-34)44(53)48(43(37)52)39-20-21-40(50)46-42(39)51/h3-5,8-10,12-19,28,39,45,49H,2,6-7,11,20-27H2,1H3,(H,46,50,51)/b41-36+. The van der Waals surface area contributed by atoms with Gasteiger partial charge in [0, 0.05) is 31.7 Å². The van der Waals surface area contributed by atoms with E-state index in [0.29, 0.717) is 0 Å². The molecule has 272 valence electrons. The van der Waals surface area contributed by atoms with Crippen LogP contribution >= 0.6 is 0 Å². The van der Waals surface area contributed by atoms with Crippen LogP contribution in [0, 0.1) is 0 Å². The van der Waals surface area contributed by atoms with Crippen molar-refractivity contribution in [3.05, 3.63) is 130 Å². The Morgan fingerprint density at radius 3 is 2.30 bits per heavy atom. The highest BCUT2D eigenvalue weighted by molar-refractivity contribution is 6.23. The molecule has 3 heterocycles. The predicted octanol–water partition coefficient (Wildman–Crippen LogP) is 7.29. The zero-order valence-corrected chi connectivity index (χ0v) is 30.2. The summed E-state index contributed by atoms with van der Waals surface area (Å²) in [6, 6.07) is 22.3. The van der Waals surface area contributed by atoms with Crippen LogP contribution in [-0.4, -0.2) is 70.8 Å². The molecule has 1 atom stereocenters. The van der Waals surface area contributed by atoms with Gasteiger partial charge in [0.2, 0.25) is 11.8 Å². The quantitative estimate of drug-likeness (QED) is 0.109. The van der Waals surface area contributed by atoms with Gasteiger partial charge in [-0.2, -0.15) is 0 Å². The molecule has 7 rings (SSSR count). The predicted molar refractivity (Wildman–Crippen MR) is 207 cm³/mol. The third-order valence-electron chi connectivity index (χ3n) is 10.8. The summed E-state index contributed by atoms with van der Waals surface area (Å²) in [5, 5.41) is 15.6. The summed E-state index contributed by atoms with van der Waals surface area (Å²) in [5.41, 5.74) is 10.4. The number of aromatic hydroxyl groups is 1. The fourth-order valence-corrected chi connectivity index (χ4v) is 7.94. The molecule has 3 aromatic rings. The van der Waals surface area contributed by atoms with Crippen molar-refractivity contribution >= 4 is 40.5 Å². The zero-order valence-electron chi connectivity index (χ0n) is 30.2. The van der Waals surface area contributed by atoms with Crippen LogP contribution in [0.4, 0.5) is 5.69 Å². The number of unbranched alkanes of at least 4 members (excludes halogenated alkanes) is 1. The molecular weight excluding hydrogens is 665 g/mol. The van der Waals surface area contributed by atoms with Crippen LogP contribution in [0.5, 0.6) is 5.75 Å². The van der Waals surface area contributed by atoms with E-state index in [2.05, 4.69) is 65.0 Å². The van der Waals surface area contributed by atoms with Gasteiger partial charge in [0.05, 0.1) is 11.1 Å². The molecule has 0 saturated carbocycles. The number of imide groups is 2. The fourth-order valence-electron chi connectivity index (χ4n) is 7.94. The molecule has 0 aromatic heterocycles. The Balaban J connectivity index is 0.896. The number of nitrogens with zero attached hydrogens (tertiary/aromatic N) is 2. The van der Waals surface area contributed by atoms with E-state index in [9.17, 15) is 24.3 Å². The van der Waals surface area contributed by atoms with Crippen molar-refractivity contribution in [2.24, 2.45) is 0 Å². The molecule has 2 fully saturated rings. The number of benzene rings is 3. The number of likely N-dealkylation sites (tertiary alicyclic amines) is 1. The van der Waals surface area contributed by atoms with Crippen LogP contribution in [0.15, 0.2) is 108 Å². The minimum Gasteiger partial charge on any atom is -0.508 e. The van der Waals surface area contributed by atoms with Gasteiger partial charge >= 0.3 is 0 Å². The maximum atomic E-state index is 13.1. The highest BCUT2D eigenvalue weighted by atomic mass is 16.3. The van der Waals surface area contributed by atoms with Crippen LogP contribution in [-0.2, 0) is 9.59 Å². The average Bonchev–Trinajstić information content (AvgIpc) is 3.42. The number of amides is 4. The summed E-state index contributed by atoms with van der Waals surface area (Å²) in [6.45, 7) is 6.07. The Kier molecular flexibility index (Phi) is 10.8. The second-order valence-electron chi connectivity index (χ2n) is 14.1. The summed E-state index contributed by atoms with van der Waals surface area (Å²) in [6.07, 6.45) is 13.2. The van der Waals surface area contributed by atoms with Crippen LogP contribution in [0.25, 0.3) is 11.1 Å². The van der Waals surface area contributed by atoms with Gasteiger partial charge in [0.15, 0.2) is 0 Å². The number of rotatable bonds is 11. The van der Waals surface area contributed by atoms with E-state index >= 15 is 0 Å². The lowest BCUT2D eigenvalue weighted by atomic mass is 9.84. The normalized spacial score (nSPS) is 19.6. The molecule has 53 heavy (non-hydrogen) atoms. The van der Waals surface area contributed by atoms with Gasteiger partial charge in [-0.05, 0) is 115 Å². The van der Waals surface area contributed by atoms with Gasteiger partial charge in [-0.15, -0.1) is 0 Å². The first-order valence-corrected chi connectivity index (χ1v) is 18.8. The van der Waals surface area contributed by atoms with Gasteiger partial charge in [0.1, 0.15) is 11.8 Å². The molecule has 0 bridgehead atoms. The summed E-state index contributed by atoms with van der Waals surface area (Å²) >= 11 is 0. The van der Waals surface area contributed by atoms with Gasteiger partial charge in [-0.1, -0.05) is 73.2 Å². The lowest BCUT2D eigenvalue weighted by molar-refractivity contribution is -0.136. The van der Waals surface area contributed by atoms with Gasteiger partial charge < -0.3 is 15.3 Å². The Morgan fingerprint density at radius 1 is 0.849 bits per heavy atom. The first-order chi connectivity index (χ1) is 25.8. The van der Waals surface area contributed by atoms with Crippen LogP contribution in [0.2, 0.25) is 0 Å². The van der Waals surface area contributed by atoms with Gasteiger partial charge in [-0.3, -0.25) is 29.4 Å². The summed E-state index contributed by atoms with van der Waals surface area (Å²) in [5.74, 6) is -1.71. The fraction of sp³-hybridized carbons (Fsp3) is 0.318. The van der Waals surface area contributed by atoms with E-state index in [0.717, 1.165) is 80.9 Å². The number of nitrogens with one attached hydrogen (secondary N) is 2. The van der Waals surface area contributed by atoms with E-state index in [-0.39, 0.29) is 35.6 Å². The molecule has 1 unspecified atom stereocenters. The highest BCUT2D eigenvalue weighted by Crippen LogP contribution is 2.38. The number of phenolic OH excluding ortho intramolecular Hbond substituents is 1. The van der Waals surface area contributed by atoms with Crippen molar-refractivity contribution < 1.29 is 24.3 Å². The van der Waals surface area contributed by atoms with Gasteiger partial charge in [-0.25, -0.2) is 0 Å². The minimum atomic E-state index is -0.963. The summed E-state index contributed by atoms with van der Waals surface area (Å²) < 4.78 is 0. The third-order valence-corrected chi connectivity index (χ3v) is 10.8. The van der Waals surface area contributed by atoms with Crippen molar-refractivity contribution in [1.82, 2.24) is 15.1 Å². The maximum Gasteiger partial charge on any atom is 0.262 e. The van der Waals surface area contributed by atoms with E-state index in [1.807, 2.05) is 18.2 Å². The van der Waals surface area contributed by atoms with Crippen LogP contribution in [0.3, 0.4) is 0 Å². The molecule has 0 radical (unpaired) electrons. The lowest BCUT2D eigenvalue weighted by Gasteiger charge is -2.30. The molecule has 1 aliphatic carbocycles. The number of piperidine rings is 2. The number of carbonyl (C=O) groups is 4. The molecule has 2 saturated heterocycles. The Hall–Kier alpha value is -5.54. The molecule has 9 heteroatoms. The molecule has 4 aliphatic rings. The van der Waals surface area contributed by atoms with Crippen LogP contribution in [0.1, 0.15) is 90.1 Å². The van der Waals surface area contributed by atoms with E-state index in [4.69, 9.17) is 0 Å². The van der Waals surface area contributed by atoms with Crippen LogP contribution < -0.4 is 10.6 Å². The molecule has 3 N–H and O–H groups in total. The Bertz CT molecular complexity index is 2030. The second-order valence-corrected chi connectivity index (χ2v) is 14.1. The Labute approximate surface area is 310 Å². The first kappa shape index (κ1) is 35.8. The highest BCUT2D eigenvalue weighted by Gasteiger charge is 2.44. The van der Waals surface area contributed by atoms with Crippen molar-refractivity contribution in [2.75, 3.05) is 31.5 Å². The number of hydrogen-bond donors (Lipinski definition) is 3. The number of allylic oxidation sites excluding steroid dienone is 7. The average molecular weight is 711 g/mol. The van der Waals surface area contributed by atoms with Crippen molar-refractivity contribution in [2.45, 2.75) is 64.3 Å². The van der Waals surface area contributed by atoms with Crippen molar-refractivity contribution in [1.29, 1.82) is 0 Å². The maximum absolute atomic E-state index is 13.1. The van der Waals surface area contributed by atoms with E-state index < -0.39 is 23.8 Å².